The SMILES string of the molecule is CC(C)c1cc(NC(=O)Nc2ccc(Cl)c3ncccc23)n[nH]1. The summed E-state index contributed by atoms with van der Waals surface area (Å²) >= 11 is 6.12. The van der Waals surface area contributed by atoms with Gasteiger partial charge in [-0.2, -0.15) is 5.10 Å². The van der Waals surface area contributed by atoms with Crippen LogP contribution >= 0.6 is 11.6 Å². The molecular weight excluding hydrogens is 314 g/mol. The molecule has 6 nitrogen and oxygen atoms in total. The second kappa shape index (κ2) is 6.26. The van der Waals surface area contributed by atoms with Crippen LogP contribution in [0.25, 0.3) is 10.9 Å². The minimum Gasteiger partial charge on any atom is -0.307 e. The number of hydrogen-bond donors (Lipinski definition) is 3. The number of urea groups is 1. The van der Waals surface area contributed by atoms with Crippen LogP contribution in [0.1, 0.15) is 25.5 Å². The molecule has 3 rings (SSSR count). The van der Waals surface area contributed by atoms with E-state index < -0.39 is 0 Å². The van der Waals surface area contributed by atoms with Gasteiger partial charge in [-0.25, -0.2) is 4.79 Å². The van der Waals surface area contributed by atoms with Gasteiger partial charge in [0.1, 0.15) is 0 Å². The number of carbonyl (C=O) groups excluding carboxylic acids is 1. The molecule has 118 valence electrons. The number of benzene rings is 1. The number of nitrogens with zero attached hydrogens (tertiary/aromatic N) is 2. The first kappa shape index (κ1) is 15.3. The average molecular weight is 330 g/mol. The summed E-state index contributed by atoms with van der Waals surface area (Å²) in [5.41, 5.74) is 2.24. The van der Waals surface area contributed by atoms with Crippen LogP contribution in [0.4, 0.5) is 16.3 Å². The lowest BCUT2D eigenvalue weighted by Gasteiger charge is -2.09. The molecule has 2 heterocycles. The Hall–Kier alpha value is -2.60. The first-order valence-electron chi connectivity index (χ1n) is 7.21. The van der Waals surface area contributed by atoms with Gasteiger partial charge in [0.25, 0.3) is 0 Å². The predicted molar refractivity (Wildman–Crippen MR) is 92.1 cm³/mol. The fourth-order valence-electron chi connectivity index (χ4n) is 2.21. The normalized spacial score (nSPS) is 11.0. The maximum Gasteiger partial charge on any atom is 0.324 e. The summed E-state index contributed by atoms with van der Waals surface area (Å²) in [7, 11) is 0. The summed E-state index contributed by atoms with van der Waals surface area (Å²) in [5.74, 6) is 0.787. The Morgan fingerprint density at radius 3 is 2.83 bits per heavy atom. The average Bonchev–Trinajstić information content (AvgIpc) is 2.99. The summed E-state index contributed by atoms with van der Waals surface area (Å²) in [4.78, 5) is 16.4. The van der Waals surface area contributed by atoms with Crippen molar-refractivity contribution < 1.29 is 4.79 Å². The lowest BCUT2D eigenvalue weighted by atomic mass is 10.1. The van der Waals surface area contributed by atoms with Gasteiger partial charge in [-0.1, -0.05) is 25.4 Å². The van der Waals surface area contributed by atoms with E-state index in [1.165, 1.54) is 0 Å². The number of hydrogen-bond acceptors (Lipinski definition) is 3. The molecule has 3 aromatic rings. The van der Waals surface area contributed by atoms with E-state index in [9.17, 15) is 4.79 Å². The predicted octanol–water partition coefficient (Wildman–Crippen LogP) is 4.38. The van der Waals surface area contributed by atoms with Crippen LogP contribution in [0, 0.1) is 0 Å². The third kappa shape index (κ3) is 3.27. The molecule has 23 heavy (non-hydrogen) atoms. The summed E-state index contributed by atoms with van der Waals surface area (Å²) in [5, 5.41) is 13.8. The Morgan fingerprint density at radius 2 is 2.09 bits per heavy atom. The molecule has 3 N–H and O–H groups in total. The lowest BCUT2D eigenvalue weighted by molar-refractivity contribution is 0.262. The zero-order chi connectivity index (χ0) is 16.4. The Morgan fingerprint density at radius 1 is 1.26 bits per heavy atom. The van der Waals surface area contributed by atoms with Crippen molar-refractivity contribution in [3.05, 3.63) is 47.2 Å². The quantitative estimate of drug-likeness (QED) is 0.666. The van der Waals surface area contributed by atoms with E-state index in [0.29, 0.717) is 28.0 Å². The van der Waals surface area contributed by atoms with Crippen LogP contribution in [0.3, 0.4) is 0 Å². The van der Waals surface area contributed by atoms with Gasteiger partial charge in [-0.3, -0.25) is 15.4 Å². The van der Waals surface area contributed by atoms with Gasteiger partial charge >= 0.3 is 6.03 Å². The van der Waals surface area contributed by atoms with E-state index >= 15 is 0 Å². The van der Waals surface area contributed by atoms with E-state index in [0.717, 1.165) is 11.1 Å². The van der Waals surface area contributed by atoms with Gasteiger partial charge < -0.3 is 5.32 Å². The van der Waals surface area contributed by atoms with Crippen molar-refractivity contribution in [2.75, 3.05) is 10.6 Å². The maximum absolute atomic E-state index is 12.2. The molecule has 0 aliphatic heterocycles. The van der Waals surface area contributed by atoms with Crippen LogP contribution in [0.5, 0.6) is 0 Å². The minimum absolute atomic E-state index is 0.312. The fraction of sp³-hybridized carbons (Fsp3) is 0.188. The van der Waals surface area contributed by atoms with Gasteiger partial charge in [0.05, 0.1) is 16.2 Å². The Bertz CT molecular complexity index is 859. The third-order valence-electron chi connectivity index (χ3n) is 3.43. The number of fused-ring (bicyclic) bond motifs is 1. The van der Waals surface area contributed by atoms with Gasteiger partial charge in [-0.15, -0.1) is 0 Å². The van der Waals surface area contributed by atoms with Crippen LogP contribution in [-0.2, 0) is 0 Å². The summed E-state index contributed by atoms with van der Waals surface area (Å²) in [6.07, 6.45) is 1.66. The van der Waals surface area contributed by atoms with Crippen molar-refractivity contribution in [2.24, 2.45) is 0 Å². The van der Waals surface area contributed by atoms with Crippen LogP contribution < -0.4 is 10.6 Å². The smallest absolute Gasteiger partial charge is 0.307 e. The highest BCUT2D eigenvalue weighted by molar-refractivity contribution is 6.35. The van der Waals surface area contributed by atoms with Crippen molar-refractivity contribution >= 4 is 40.0 Å². The third-order valence-corrected chi connectivity index (χ3v) is 3.73. The van der Waals surface area contributed by atoms with Crippen molar-refractivity contribution in [3.63, 3.8) is 0 Å². The zero-order valence-corrected chi connectivity index (χ0v) is 13.5. The van der Waals surface area contributed by atoms with Gasteiger partial charge in [-0.05, 0) is 30.2 Å². The summed E-state index contributed by atoms with van der Waals surface area (Å²) in [6, 6.07) is 8.54. The van der Waals surface area contributed by atoms with Crippen LogP contribution in [0.2, 0.25) is 5.02 Å². The number of amides is 2. The van der Waals surface area contributed by atoms with Gasteiger partial charge in [0, 0.05) is 23.3 Å². The lowest BCUT2D eigenvalue weighted by Crippen LogP contribution is -2.19. The topological polar surface area (TPSA) is 82.7 Å². The molecule has 0 aliphatic carbocycles. The first-order valence-corrected chi connectivity index (χ1v) is 7.59. The molecule has 2 amide bonds. The zero-order valence-electron chi connectivity index (χ0n) is 12.7. The van der Waals surface area contributed by atoms with E-state index in [-0.39, 0.29) is 6.03 Å². The number of aromatic amines is 1. The molecule has 0 saturated carbocycles. The van der Waals surface area contributed by atoms with Crippen molar-refractivity contribution in [3.8, 4) is 0 Å². The molecule has 0 saturated heterocycles. The molecule has 0 radical (unpaired) electrons. The number of pyridine rings is 1. The molecule has 0 aliphatic rings. The molecule has 0 atom stereocenters. The summed E-state index contributed by atoms with van der Waals surface area (Å²) < 4.78 is 0. The number of aromatic nitrogens is 3. The molecule has 1 aromatic carbocycles. The maximum atomic E-state index is 12.2. The first-order chi connectivity index (χ1) is 11.0. The standard InChI is InChI=1S/C16H16ClN5O/c1-9(2)13-8-14(22-21-13)20-16(23)19-12-6-5-11(17)15-10(12)4-3-7-18-15/h3-9H,1-2H3,(H3,19,20,21,22,23). The van der Waals surface area contributed by atoms with Gasteiger partial charge in [0.15, 0.2) is 5.82 Å². The van der Waals surface area contributed by atoms with Crippen LogP contribution in [-0.4, -0.2) is 21.2 Å². The molecule has 7 heteroatoms. The Balaban J connectivity index is 1.79. The van der Waals surface area contributed by atoms with Gasteiger partial charge in [0.2, 0.25) is 0 Å². The number of halogens is 1. The second-order valence-electron chi connectivity index (χ2n) is 5.44. The molecule has 0 fully saturated rings. The molecule has 0 spiro atoms. The highest BCUT2D eigenvalue weighted by Crippen LogP contribution is 2.28. The summed E-state index contributed by atoms with van der Waals surface area (Å²) in [6.45, 7) is 4.09. The van der Waals surface area contributed by atoms with Crippen LogP contribution in [0.15, 0.2) is 36.5 Å². The Labute approximate surface area is 138 Å². The van der Waals surface area contributed by atoms with E-state index in [1.54, 1.807) is 24.4 Å². The largest absolute Gasteiger partial charge is 0.324 e. The van der Waals surface area contributed by atoms with E-state index in [1.807, 2.05) is 26.0 Å². The van der Waals surface area contributed by atoms with Crippen molar-refractivity contribution in [1.82, 2.24) is 15.2 Å². The number of carbonyl (C=O) groups is 1. The molecule has 0 unspecified atom stereocenters. The highest BCUT2D eigenvalue weighted by atomic mass is 35.5. The van der Waals surface area contributed by atoms with E-state index in [4.69, 9.17) is 11.6 Å². The monoisotopic (exact) mass is 329 g/mol. The second-order valence-corrected chi connectivity index (χ2v) is 5.84. The highest BCUT2D eigenvalue weighted by Gasteiger charge is 2.11. The number of H-pyrrole nitrogens is 1. The minimum atomic E-state index is -0.376. The molecule has 0 bridgehead atoms. The van der Waals surface area contributed by atoms with Crippen molar-refractivity contribution in [1.29, 1.82) is 0 Å². The molecular formula is C16H16ClN5O. The number of rotatable bonds is 3. The Kier molecular flexibility index (Phi) is 4.16. The molecule has 2 aromatic heterocycles. The number of anilines is 2. The van der Waals surface area contributed by atoms with E-state index in [2.05, 4.69) is 25.8 Å². The fourth-order valence-corrected chi connectivity index (χ4v) is 2.43. The van der Waals surface area contributed by atoms with Crippen molar-refractivity contribution in [2.45, 2.75) is 19.8 Å². The number of nitrogens with one attached hydrogen (secondary N) is 3.